The Labute approximate surface area is 385 Å². The molecule has 0 amide bonds. The summed E-state index contributed by atoms with van der Waals surface area (Å²) >= 11 is 0. The summed E-state index contributed by atoms with van der Waals surface area (Å²) in [5.74, 6) is 1.88. The molecular formula is C63H37N3O. The average Bonchev–Trinajstić information content (AvgIpc) is 3.78. The summed E-state index contributed by atoms with van der Waals surface area (Å²) in [5, 5.41) is 16.4. The standard InChI is InChI=1S/C63H37N3O/c1-2-14-40-34-44(27-24-38(40)12-1)61-64-62(45-29-30-48-42(35-45)26-25-39-13-3-5-16-46(39)48)66-63(65-61)55-33-32-53(50-19-8-9-20-51(50)55)54-22-11-23-58-60(54)56-31-28-43(37-59(56)67-58)57-36-41-15-4-6-17-47(41)49-18-7-10-21-52(49)57/h1-37H. The second kappa shape index (κ2) is 14.8. The molecule has 0 saturated heterocycles. The predicted molar refractivity (Wildman–Crippen MR) is 279 cm³/mol. The first-order chi connectivity index (χ1) is 33.2. The average molecular weight is 852 g/mol. The van der Waals surface area contributed by atoms with Crippen molar-refractivity contribution in [1.82, 2.24) is 15.0 Å². The van der Waals surface area contributed by atoms with Crippen LogP contribution in [0.3, 0.4) is 0 Å². The monoisotopic (exact) mass is 851 g/mol. The number of furan rings is 1. The van der Waals surface area contributed by atoms with Crippen molar-refractivity contribution >= 4 is 86.6 Å². The Balaban J connectivity index is 0.929. The molecule has 14 aromatic rings. The van der Waals surface area contributed by atoms with Gasteiger partial charge in [-0.15, -0.1) is 0 Å². The molecule has 12 aromatic carbocycles. The molecule has 0 aliphatic heterocycles. The van der Waals surface area contributed by atoms with Crippen LogP contribution in [-0.2, 0) is 0 Å². The topological polar surface area (TPSA) is 51.8 Å². The van der Waals surface area contributed by atoms with Crippen molar-refractivity contribution in [2.24, 2.45) is 0 Å². The Morgan fingerprint density at radius 3 is 1.54 bits per heavy atom. The maximum atomic E-state index is 6.74. The zero-order valence-electron chi connectivity index (χ0n) is 36.1. The lowest BCUT2D eigenvalue weighted by Crippen LogP contribution is -2.01. The molecule has 14 rings (SSSR count). The van der Waals surface area contributed by atoms with Crippen LogP contribution in [0.4, 0.5) is 0 Å². The summed E-state index contributed by atoms with van der Waals surface area (Å²) in [5.41, 5.74) is 9.07. The van der Waals surface area contributed by atoms with E-state index in [1.165, 1.54) is 48.7 Å². The molecule has 0 unspecified atom stereocenters. The van der Waals surface area contributed by atoms with Gasteiger partial charge < -0.3 is 4.42 Å². The molecule has 2 heterocycles. The molecule has 0 N–H and O–H groups in total. The molecule has 310 valence electrons. The Kier molecular flexibility index (Phi) is 8.25. The normalized spacial score (nSPS) is 11.9. The second-order valence-electron chi connectivity index (χ2n) is 17.5. The lowest BCUT2D eigenvalue weighted by molar-refractivity contribution is 0.669. The number of benzene rings is 12. The summed E-state index contributed by atoms with van der Waals surface area (Å²) in [6, 6.07) is 80.0. The fourth-order valence-electron chi connectivity index (χ4n) is 10.5. The summed E-state index contributed by atoms with van der Waals surface area (Å²) in [7, 11) is 0. The van der Waals surface area contributed by atoms with Crippen molar-refractivity contribution in [3.63, 3.8) is 0 Å². The SMILES string of the molecule is c1ccc2cc(-c3nc(-c4ccc5c(ccc6ccccc65)c4)nc(-c4ccc(-c5cccc6oc7cc(-c8cc9ccccc9c9ccccc89)ccc7c56)c5ccccc45)n3)ccc2c1. The minimum Gasteiger partial charge on any atom is -0.456 e. The maximum Gasteiger partial charge on any atom is 0.164 e. The van der Waals surface area contributed by atoms with Gasteiger partial charge in [0.2, 0.25) is 0 Å². The van der Waals surface area contributed by atoms with E-state index in [4.69, 9.17) is 19.4 Å². The van der Waals surface area contributed by atoms with Crippen molar-refractivity contribution in [3.8, 4) is 56.4 Å². The number of aromatic nitrogens is 3. The third-order valence-electron chi connectivity index (χ3n) is 13.7. The predicted octanol–water partition coefficient (Wildman–Crippen LogP) is 17.0. The molecule has 4 heteroatoms. The van der Waals surface area contributed by atoms with Gasteiger partial charge in [-0.1, -0.05) is 182 Å². The first-order valence-corrected chi connectivity index (χ1v) is 22.7. The van der Waals surface area contributed by atoms with Crippen molar-refractivity contribution in [1.29, 1.82) is 0 Å². The van der Waals surface area contributed by atoms with Crippen LogP contribution in [0.5, 0.6) is 0 Å². The summed E-state index contributed by atoms with van der Waals surface area (Å²) < 4.78 is 6.74. The fraction of sp³-hybridized carbons (Fsp3) is 0. The molecule has 0 saturated carbocycles. The van der Waals surface area contributed by atoms with Gasteiger partial charge in [0.05, 0.1) is 0 Å². The van der Waals surface area contributed by atoms with Gasteiger partial charge in [0, 0.05) is 27.5 Å². The molecule has 2 aromatic heterocycles. The van der Waals surface area contributed by atoms with E-state index in [1.54, 1.807) is 0 Å². The van der Waals surface area contributed by atoms with Gasteiger partial charge in [-0.2, -0.15) is 0 Å². The summed E-state index contributed by atoms with van der Waals surface area (Å²) in [4.78, 5) is 15.8. The fourth-order valence-corrected chi connectivity index (χ4v) is 10.5. The molecule has 67 heavy (non-hydrogen) atoms. The zero-order chi connectivity index (χ0) is 44.0. The summed E-state index contributed by atoms with van der Waals surface area (Å²) in [6.07, 6.45) is 0. The van der Waals surface area contributed by atoms with E-state index in [0.717, 1.165) is 76.9 Å². The molecular weight excluding hydrogens is 815 g/mol. The van der Waals surface area contributed by atoms with E-state index < -0.39 is 0 Å². The highest BCUT2D eigenvalue weighted by Crippen LogP contribution is 2.44. The van der Waals surface area contributed by atoms with E-state index >= 15 is 0 Å². The number of nitrogens with zero attached hydrogens (tertiary/aromatic N) is 3. The van der Waals surface area contributed by atoms with Crippen LogP contribution in [0.1, 0.15) is 0 Å². The Bertz CT molecular complexity index is 4360. The molecule has 0 aliphatic rings. The molecule has 0 aliphatic carbocycles. The van der Waals surface area contributed by atoms with Gasteiger partial charge in [-0.3, -0.25) is 0 Å². The van der Waals surface area contributed by atoms with Gasteiger partial charge in [0.25, 0.3) is 0 Å². The third-order valence-corrected chi connectivity index (χ3v) is 13.7. The lowest BCUT2D eigenvalue weighted by Gasteiger charge is -2.14. The smallest absolute Gasteiger partial charge is 0.164 e. The Morgan fingerprint density at radius 1 is 0.239 bits per heavy atom. The van der Waals surface area contributed by atoms with Crippen LogP contribution >= 0.6 is 0 Å². The highest BCUT2D eigenvalue weighted by atomic mass is 16.3. The third kappa shape index (κ3) is 6.04. The van der Waals surface area contributed by atoms with Gasteiger partial charge in [0.15, 0.2) is 17.5 Å². The molecule has 0 bridgehead atoms. The van der Waals surface area contributed by atoms with Crippen LogP contribution in [0, 0.1) is 0 Å². The minimum absolute atomic E-state index is 0.621. The van der Waals surface area contributed by atoms with Gasteiger partial charge in [0.1, 0.15) is 11.2 Å². The molecule has 0 atom stereocenters. The van der Waals surface area contributed by atoms with Crippen LogP contribution in [0.25, 0.3) is 143 Å². The van der Waals surface area contributed by atoms with Gasteiger partial charge in [-0.25, -0.2) is 15.0 Å². The van der Waals surface area contributed by atoms with Crippen molar-refractivity contribution in [3.05, 3.63) is 224 Å². The van der Waals surface area contributed by atoms with E-state index in [2.05, 4.69) is 224 Å². The van der Waals surface area contributed by atoms with E-state index in [1.807, 2.05) is 0 Å². The Morgan fingerprint density at radius 2 is 0.746 bits per heavy atom. The van der Waals surface area contributed by atoms with E-state index in [-0.39, 0.29) is 0 Å². The Hall–Kier alpha value is -8.99. The number of hydrogen-bond acceptors (Lipinski definition) is 4. The number of hydrogen-bond donors (Lipinski definition) is 0. The highest BCUT2D eigenvalue weighted by Gasteiger charge is 2.20. The first kappa shape index (κ1) is 37.4. The van der Waals surface area contributed by atoms with Crippen LogP contribution < -0.4 is 0 Å². The zero-order valence-corrected chi connectivity index (χ0v) is 36.1. The van der Waals surface area contributed by atoms with Crippen molar-refractivity contribution in [2.45, 2.75) is 0 Å². The lowest BCUT2D eigenvalue weighted by atomic mass is 9.91. The largest absolute Gasteiger partial charge is 0.456 e. The first-order valence-electron chi connectivity index (χ1n) is 22.7. The molecule has 0 fully saturated rings. The van der Waals surface area contributed by atoms with Crippen LogP contribution in [0.2, 0.25) is 0 Å². The van der Waals surface area contributed by atoms with Gasteiger partial charge >= 0.3 is 0 Å². The van der Waals surface area contributed by atoms with E-state index in [0.29, 0.717) is 17.5 Å². The van der Waals surface area contributed by atoms with E-state index in [9.17, 15) is 0 Å². The highest BCUT2D eigenvalue weighted by molar-refractivity contribution is 6.18. The number of fused-ring (bicyclic) bond motifs is 11. The quantitative estimate of drug-likeness (QED) is 0.162. The molecule has 4 nitrogen and oxygen atoms in total. The summed E-state index contributed by atoms with van der Waals surface area (Å²) in [6.45, 7) is 0. The van der Waals surface area contributed by atoms with Crippen LogP contribution in [0.15, 0.2) is 229 Å². The minimum atomic E-state index is 0.621. The maximum absolute atomic E-state index is 6.74. The molecule has 0 radical (unpaired) electrons. The van der Waals surface area contributed by atoms with Gasteiger partial charge in [-0.05, 0) is 129 Å². The van der Waals surface area contributed by atoms with Crippen molar-refractivity contribution in [2.75, 3.05) is 0 Å². The second-order valence-corrected chi connectivity index (χ2v) is 17.5. The molecule has 0 spiro atoms. The van der Waals surface area contributed by atoms with Crippen LogP contribution in [-0.4, -0.2) is 15.0 Å². The number of rotatable bonds is 5. The van der Waals surface area contributed by atoms with Crippen molar-refractivity contribution < 1.29 is 4.42 Å².